The number of ether oxygens (including phenoxy) is 1. The van der Waals surface area contributed by atoms with Crippen molar-refractivity contribution in [2.24, 2.45) is 0 Å². The van der Waals surface area contributed by atoms with E-state index >= 15 is 0 Å². The van der Waals surface area contributed by atoms with Crippen molar-refractivity contribution in [1.82, 2.24) is 25.4 Å². The molecule has 0 radical (unpaired) electrons. The van der Waals surface area contributed by atoms with Gasteiger partial charge in [-0.2, -0.15) is 4.98 Å². The number of aromatic nitrogens is 4. The maximum Gasteiger partial charge on any atom is 0.258 e. The van der Waals surface area contributed by atoms with Crippen LogP contribution in [-0.2, 0) is 6.42 Å². The largest absolute Gasteiger partial charge is 0.481 e. The molecule has 0 saturated heterocycles. The van der Waals surface area contributed by atoms with Crippen LogP contribution in [0.1, 0.15) is 5.56 Å². The van der Waals surface area contributed by atoms with E-state index in [0.717, 1.165) is 24.1 Å². The number of benzene rings is 1. The molecule has 3 rings (SSSR count). The van der Waals surface area contributed by atoms with Crippen molar-refractivity contribution in [3.05, 3.63) is 42.2 Å². The lowest BCUT2D eigenvalue weighted by Crippen LogP contribution is -2.10. The number of methoxy groups -OCH3 is 1. The summed E-state index contributed by atoms with van der Waals surface area (Å²) in [5.41, 5.74) is 2.64. The lowest BCUT2D eigenvalue weighted by atomic mass is 10.0. The summed E-state index contributed by atoms with van der Waals surface area (Å²) < 4.78 is 10.5. The second-order valence-electron chi connectivity index (χ2n) is 4.88. The van der Waals surface area contributed by atoms with Gasteiger partial charge in [0.05, 0.1) is 7.11 Å². The summed E-state index contributed by atoms with van der Waals surface area (Å²) in [6.07, 6.45) is 2.29. The van der Waals surface area contributed by atoms with Gasteiger partial charge in [0.1, 0.15) is 12.0 Å². The minimum atomic E-state index is 0.407. The summed E-state index contributed by atoms with van der Waals surface area (Å²) in [5.74, 6) is 1.34. The fourth-order valence-corrected chi connectivity index (χ4v) is 2.22. The number of hydrogen-bond acceptors (Lipinski definition) is 7. The first-order valence-corrected chi connectivity index (χ1v) is 7.25. The SMILES string of the molecule is CNCCc1ccccc1-c1nc(-c2cc(OC)ncn2)no1. The predicted octanol–water partition coefficient (Wildman–Crippen LogP) is 1.96. The summed E-state index contributed by atoms with van der Waals surface area (Å²) >= 11 is 0. The molecule has 0 atom stereocenters. The Bertz CT molecular complexity index is 787. The highest BCUT2D eigenvalue weighted by atomic mass is 16.5. The molecule has 1 aromatic carbocycles. The molecular weight excluding hydrogens is 294 g/mol. The third kappa shape index (κ3) is 3.35. The highest BCUT2D eigenvalue weighted by Crippen LogP contribution is 2.25. The summed E-state index contributed by atoms with van der Waals surface area (Å²) in [5, 5.41) is 7.15. The van der Waals surface area contributed by atoms with E-state index in [9.17, 15) is 0 Å². The molecular formula is C16H17N5O2. The number of likely N-dealkylation sites (N-methyl/N-ethyl adjacent to an activating group) is 1. The van der Waals surface area contributed by atoms with Gasteiger partial charge in [0, 0.05) is 11.6 Å². The third-order valence-corrected chi connectivity index (χ3v) is 3.40. The Morgan fingerprint density at radius 3 is 2.91 bits per heavy atom. The van der Waals surface area contributed by atoms with Crippen molar-refractivity contribution in [1.29, 1.82) is 0 Å². The average Bonchev–Trinajstić information content (AvgIpc) is 3.10. The van der Waals surface area contributed by atoms with Gasteiger partial charge >= 0.3 is 0 Å². The van der Waals surface area contributed by atoms with Crippen LogP contribution in [0.15, 0.2) is 41.2 Å². The van der Waals surface area contributed by atoms with Gasteiger partial charge in [-0.1, -0.05) is 23.4 Å². The summed E-state index contributed by atoms with van der Waals surface area (Å²) in [6, 6.07) is 9.66. The molecule has 0 fully saturated rings. The van der Waals surface area contributed by atoms with Crippen LogP contribution in [0.3, 0.4) is 0 Å². The smallest absolute Gasteiger partial charge is 0.258 e. The van der Waals surface area contributed by atoms with Gasteiger partial charge in [-0.15, -0.1) is 0 Å². The second-order valence-corrected chi connectivity index (χ2v) is 4.88. The molecule has 7 nitrogen and oxygen atoms in total. The molecule has 2 aromatic heterocycles. The first-order chi connectivity index (χ1) is 11.3. The average molecular weight is 311 g/mol. The lowest BCUT2D eigenvalue weighted by molar-refractivity contribution is 0.397. The van der Waals surface area contributed by atoms with Crippen LogP contribution in [0.5, 0.6) is 5.88 Å². The zero-order valence-electron chi connectivity index (χ0n) is 13.0. The highest BCUT2D eigenvalue weighted by Gasteiger charge is 2.15. The summed E-state index contributed by atoms with van der Waals surface area (Å²) in [4.78, 5) is 12.6. The van der Waals surface area contributed by atoms with E-state index in [2.05, 4.69) is 31.5 Å². The quantitative estimate of drug-likeness (QED) is 0.744. The number of nitrogens with one attached hydrogen (secondary N) is 1. The van der Waals surface area contributed by atoms with Crippen molar-refractivity contribution in [3.8, 4) is 28.9 Å². The molecule has 3 aromatic rings. The van der Waals surface area contributed by atoms with Crippen molar-refractivity contribution < 1.29 is 9.26 Å². The minimum absolute atomic E-state index is 0.407. The van der Waals surface area contributed by atoms with Gasteiger partial charge in [0.25, 0.3) is 5.89 Å². The maximum atomic E-state index is 5.42. The van der Waals surface area contributed by atoms with Crippen LogP contribution in [-0.4, -0.2) is 40.8 Å². The Hall–Kier alpha value is -2.80. The minimum Gasteiger partial charge on any atom is -0.481 e. The Morgan fingerprint density at radius 2 is 2.09 bits per heavy atom. The molecule has 23 heavy (non-hydrogen) atoms. The van der Waals surface area contributed by atoms with E-state index in [4.69, 9.17) is 9.26 Å². The molecule has 0 aliphatic heterocycles. The number of rotatable bonds is 6. The van der Waals surface area contributed by atoms with Crippen LogP contribution < -0.4 is 10.1 Å². The van der Waals surface area contributed by atoms with E-state index < -0.39 is 0 Å². The van der Waals surface area contributed by atoms with Gasteiger partial charge in [-0.25, -0.2) is 9.97 Å². The van der Waals surface area contributed by atoms with Crippen LogP contribution in [0.25, 0.3) is 23.0 Å². The normalized spacial score (nSPS) is 10.7. The number of hydrogen-bond donors (Lipinski definition) is 1. The number of nitrogens with zero attached hydrogens (tertiary/aromatic N) is 4. The fraction of sp³-hybridized carbons (Fsp3) is 0.250. The maximum absolute atomic E-state index is 5.42. The van der Waals surface area contributed by atoms with Crippen molar-refractivity contribution in [3.63, 3.8) is 0 Å². The van der Waals surface area contributed by atoms with Crippen molar-refractivity contribution in [2.75, 3.05) is 20.7 Å². The van der Waals surface area contributed by atoms with Crippen LogP contribution in [0, 0.1) is 0 Å². The molecule has 0 amide bonds. The second kappa shape index (κ2) is 6.97. The monoisotopic (exact) mass is 311 g/mol. The van der Waals surface area contributed by atoms with Gasteiger partial charge in [-0.05, 0) is 31.6 Å². The molecule has 0 bridgehead atoms. The van der Waals surface area contributed by atoms with Crippen LogP contribution >= 0.6 is 0 Å². The van der Waals surface area contributed by atoms with Gasteiger partial charge in [-0.3, -0.25) is 0 Å². The molecule has 1 N–H and O–H groups in total. The van der Waals surface area contributed by atoms with Crippen LogP contribution in [0.4, 0.5) is 0 Å². The zero-order valence-corrected chi connectivity index (χ0v) is 13.0. The molecule has 0 aliphatic rings. The summed E-state index contributed by atoms with van der Waals surface area (Å²) in [6.45, 7) is 0.876. The molecule has 0 aliphatic carbocycles. The summed E-state index contributed by atoms with van der Waals surface area (Å²) in [7, 11) is 3.47. The first kappa shape index (κ1) is 15.1. The molecule has 7 heteroatoms. The molecule has 0 saturated carbocycles. The van der Waals surface area contributed by atoms with Gasteiger partial charge in [0.15, 0.2) is 0 Å². The zero-order chi connectivity index (χ0) is 16.1. The molecule has 0 spiro atoms. The Labute approximate surface area is 133 Å². The molecule has 118 valence electrons. The van der Waals surface area contributed by atoms with Gasteiger partial charge < -0.3 is 14.6 Å². The third-order valence-electron chi connectivity index (χ3n) is 3.40. The fourth-order valence-electron chi connectivity index (χ4n) is 2.22. The van der Waals surface area contributed by atoms with E-state index in [1.54, 1.807) is 13.2 Å². The van der Waals surface area contributed by atoms with E-state index in [1.807, 2.05) is 25.2 Å². The van der Waals surface area contributed by atoms with Crippen molar-refractivity contribution in [2.45, 2.75) is 6.42 Å². The highest BCUT2D eigenvalue weighted by molar-refractivity contribution is 5.61. The lowest BCUT2D eigenvalue weighted by Gasteiger charge is -2.05. The van der Waals surface area contributed by atoms with Gasteiger partial charge in [0.2, 0.25) is 11.7 Å². The van der Waals surface area contributed by atoms with E-state index in [-0.39, 0.29) is 0 Å². The van der Waals surface area contributed by atoms with Crippen LogP contribution in [0.2, 0.25) is 0 Å². The molecule has 0 unspecified atom stereocenters. The standard InChI is InChI=1S/C16H17N5O2/c1-17-8-7-11-5-3-4-6-12(11)16-20-15(21-23-16)13-9-14(22-2)19-10-18-13/h3-6,9-10,17H,7-8H2,1-2H3. The van der Waals surface area contributed by atoms with E-state index in [0.29, 0.717) is 23.3 Å². The van der Waals surface area contributed by atoms with E-state index in [1.165, 1.54) is 6.33 Å². The first-order valence-electron chi connectivity index (χ1n) is 7.25. The molecule has 2 heterocycles. The predicted molar refractivity (Wildman–Crippen MR) is 84.9 cm³/mol. The Balaban J connectivity index is 1.93. The Morgan fingerprint density at radius 1 is 1.22 bits per heavy atom. The topological polar surface area (TPSA) is 86.0 Å². The van der Waals surface area contributed by atoms with Crippen molar-refractivity contribution >= 4 is 0 Å². The Kier molecular flexibility index (Phi) is 4.58.